The molecule has 1 saturated carbocycles. The summed E-state index contributed by atoms with van der Waals surface area (Å²) < 4.78 is 28.8. The van der Waals surface area contributed by atoms with Crippen molar-refractivity contribution >= 4 is 15.8 Å². The van der Waals surface area contributed by atoms with Gasteiger partial charge in [-0.3, -0.25) is 4.72 Å². The number of rotatable bonds is 6. The molecular formula is C13H17N5O2S. The summed E-state index contributed by atoms with van der Waals surface area (Å²) in [7, 11) is -1.80. The third-order valence-corrected chi connectivity index (χ3v) is 4.68. The summed E-state index contributed by atoms with van der Waals surface area (Å²) >= 11 is 0. The van der Waals surface area contributed by atoms with Crippen LogP contribution >= 0.6 is 0 Å². The van der Waals surface area contributed by atoms with Gasteiger partial charge in [-0.15, -0.1) is 5.10 Å². The quantitative estimate of drug-likeness (QED) is 0.826. The number of anilines is 1. The fourth-order valence-electron chi connectivity index (χ4n) is 1.99. The van der Waals surface area contributed by atoms with E-state index in [0.29, 0.717) is 12.6 Å². The SMILES string of the molecule is Cn1cc(S(=O)(=O)Nc2cccnn2)cc1CNC1CC1. The van der Waals surface area contributed by atoms with E-state index in [1.54, 1.807) is 24.4 Å². The van der Waals surface area contributed by atoms with E-state index in [1.807, 2.05) is 11.6 Å². The second-order valence-corrected chi connectivity index (χ2v) is 6.83. The molecule has 0 aromatic carbocycles. The Labute approximate surface area is 123 Å². The van der Waals surface area contributed by atoms with Crippen LogP contribution in [0.4, 0.5) is 5.82 Å². The molecule has 0 saturated heterocycles. The molecule has 0 radical (unpaired) electrons. The first-order valence-corrected chi connectivity index (χ1v) is 8.22. The van der Waals surface area contributed by atoms with E-state index in [4.69, 9.17) is 0 Å². The van der Waals surface area contributed by atoms with E-state index >= 15 is 0 Å². The van der Waals surface area contributed by atoms with Crippen molar-refractivity contribution in [3.05, 3.63) is 36.3 Å². The lowest BCUT2D eigenvalue weighted by Crippen LogP contribution is -2.17. The number of sulfonamides is 1. The van der Waals surface area contributed by atoms with Gasteiger partial charge in [0.15, 0.2) is 5.82 Å². The molecule has 2 aromatic heterocycles. The molecule has 2 aromatic rings. The Morgan fingerprint density at radius 2 is 2.24 bits per heavy atom. The van der Waals surface area contributed by atoms with Crippen molar-refractivity contribution in [1.29, 1.82) is 0 Å². The van der Waals surface area contributed by atoms with E-state index in [2.05, 4.69) is 20.2 Å². The summed E-state index contributed by atoms with van der Waals surface area (Å²) in [4.78, 5) is 0.225. The highest BCUT2D eigenvalue weighted by atomic mass is 32.2. The van der Waals surface area contributed by atoms with Crippen LogP contribution in [0.3, 0.4) is 0 Å². The smallest absolute Gasteiger partial charge is 0.264 e. The second kappa shape index (κ2) is 5.45. The molecule has 7 nitrogen and oxygen atoms in total. The minimum atomic E-state index is -3.64. The van der Waals surface area contributed by atoms with Crippen LogP contribution in [0.15, 0.2) is 35.5 Å². The highest BCUT2D eigenvalue weighted by Crippen LogP contribution is 2.21. The fourth-order valence-corrected chi connectivity index (χ4v) is 3.08. The molecule has 21 heavy (non-hydrogen) atoms. The molecular weight excluding hydrogens is 290 g/mol. The van der Waals surface area contributed by atoms with Crippen LogP contribution in [0.2, 0.25) is 0 Å². The minimum absolute atomic E-state index is 0.207. The first-order valence-electron chi connectivity index (χ1n) is 6.74. The molecule has 3 rings (SSSR count). The summed E-state index contributed by atoms with van der Waals surface area (Å²) in [6, 6.07) is 5.44. The number of hydrogen-bond donors (Lipinski definition) is 2. The van der Waals surface area contributed by atoms with Crippen molar-refractivity contribution < 1.29 is 8.42 Å². The largest absolute Gasteiger partial charge is 0.352 e. The molecule has 0 atom stereocenters. The van der Waals surface area contributed by atoms with Gasteiger partial charge in [0.25, 0.3) is 10.0 Å². The van der Waals surface area contributed by atoms with Gasteiger partial charge in [0.05, 0.1) is 0 Å². The van der Waals surface area contributed by atoms with Gasteiger partial charge in [-0.1, -0.05) is 0 Å². The molecule has 0 spiro atoms. The predicted octanol–water partition coefficient (Wildman–Crippen LogP) is 0.868. The summed E-state index contributed by atoms with van der Waals surface area (Å²) in [5, 5.41) is 10.7. The van der Waals surface area contributed by atoms with E-state index in [9.17, 15) is 8.42 Å². The summed E-state index contributed by atoms with van der Waals surface area (Å²) in [5.41, 5.74) is 0.932. The van der Waals surface area contributed by atoms with Crippen molar-refractivity contribution in [3.8, 4) is 0 Å². The molecule has 2 heterocycles. The molecule has 0 aliphatic heterocycles. The average molecular weight is 307 g/mol. The monoisotopic (exact) mass is 307 g/mol. The van der Waals surface area contributed by atoms with E-state index in [-0.39, 0.29) is 10.7 Å². The Kier molecular flexibility index (Phi) is 3.64. The number of nitrogens with one attached hydrogen (secondary N) is 2. The first kappa shape index (κ1) is 14.0. The third-order valence-electron chi connectivity index (χ3n) is 3.35. The Balaban J connectivity index is 1.76. The third kappa shape index (κ3) is 3.40. The summed E-state index contributed by atoms with van der Waals surface area (Å²) in [5.74, 6) is 0.207. The van der Waals surface area contributed by atoms with E-state index in [0.717, 1.165) is 5.69 Å². The fraction of sp³-hybridized carbons (Fsp3) is 0.385. The molecule has 1 aliphatic rings. The van der Waals surface area contributed by atoms with Crippen LogP contribution in [-0.4, -0.2) is 29.2 Å². The standard InChI is InChI=1S/C13H17N5O2S/c1-18-9-12(7-11(18)8-14-10-4-5-10)21(19,20)17-13-3-2-6-15-16-13/h2-3,6-7,9-10,14H,4-5,8H2,1H3,(H,16,17). The molecule has 2 N–H and O–H groups in total. The molecule has 112 valence electrons. The zero-order valence-corrected chi connectivity index (χ0v) is 12.5. The van der Waals surface area contributed by atoms with Crippen LogP contribution < -0.4 is 10.0 Å². The van der Waals surface area contributed by atoms with Crippen molar-refractivity contribution in [1.82, 2.24) is 20.1 Å². The first-order chi connectivity index (χ1) is 10.0. The van der Waals surface area contributed by atoms with Gasteiger partial charge >= 0.3 is 0 Å². The maximum atomic E-state index is 12.3. The lowest BCUT2D eigenvalue weighted by atomic mass is 10.4. The number of hydrogen-bond acceptors (Lipinski definition) is 5. The molecule has 1 aliphatic carbocycles. The van der Waals surface area contributed by atoms with Crippen molar-refractivity contribution in [2.24, 2.45) is 7.05 Å². The zero-order chi connectivity index (χ0) is 14.9. The summed E-state index contributed by atoms with van der Waals surface area (Å²) in [6.45, 7) is 0.668. The number of aryl methyl sites for hydroxylation is 1. The Bertz CT molecular complexity index is 722. The van der Waals surface area contributed by atoms with E-state index in [1.165, 1.54) is 19.0 Å². The highest BCUT2D eigenvalue weighted by Gasteiger charge is 2.22. The van der Waals surface area contributed by atoms with Gasteiger partial charge in [-0.05, 0) is 31.0 Å². The topological polar surface area (TPSA) is 88.9 Å². The average Bonchev–Trinajstić information content (AvgIpc) is 3.20. The van der Waals surface area contributed by atoms with Gasteiger partial charge in [0, 0.05) is 37.7 Å². The maximum Gasteiger partial charge on any atom is 0.264 e. The normalized spacial score (nSPS) is 15.1. The van der Waals surface area contributed by atoms with Crippen molar-refractivity contribution in [2.45, 2.75) is 30.3 Å². The predicted molar refractivity (Wildman–Crippen MR) is 78.1 cm³/mol. The van der Waals surface area contributed by atoms with Crippen molar-refractivity contribution in [3.63, 3.8) is 0 Å². The van der Waals surface area contributed by atoms with E-state index < -0.39 is 10.0 Å². The van der Waals surface area contributed by atoms with Gasteiger partial charge in [-0.2, -0.15) is 5.10 Å². The Morgan fingerprint density at radius 1 is 1.43 bits per heavy atom. The van der Waals surface area contributed by atoms with Crippen LogP contribution in [0.5, 0.6) is 0 Å². The second-order valence-electron chi connectivity index (χ2n) is 5.15. The summed E-state index contributed by atoms with van der Waals surface area (Å²) in [6.07, 6.45) is 5.48. The molecule has 0 bridgehead atoms. The van der Waals surface area contributed by atoms with Gasteiger partial charge in [0.1, 0.15) is 4.90 Å². The number of nitrogens with zero attached hydrogens (tertiary/aromatic N) is 3. The maximum absolute atomic E-state index is 12.3. The molecule has 1 fully saturated rings. The number of aromatic nitrogens is 3. The Morgan fingerprint density at radius 3 is 2.90 bits per heavy atom. The van der Waals surface area contributed by atoms with Crippen LogP contribution in [-0.2, 0) is 23.6 Å². The molecule has 0 unspecified atom stereocenters. The van der Waals surface area contributed by atoms with Gasteiger partial charge in [-0.25, -0.2) is 8.42 Å². The molecule has 8 heteroatoms. The zero-order valence-electron chi connectivity index (χ0n) is 11.7. The van der Waals surface area contributed by atoms with Crippen molar-refractivity contribution in [2.75, 3.05) is 4.72 Å². The van der Waals surface area contributed by atoms with Crippen LogP contribution in [0.1, 0.15) is 18.5 Å². The Hall–Kier alpha value is -1.93. The lowest BCUT2D eigenvalue weighted by Gasteiger charge is -2.03. The van der Waals surface area contributed by atoms with Crippen LogP contribution in [0.25, 0.3) is 0 Å². The molecule has 0 amide bonds. The highest BCUT2D eigenvalue weighted by molar-refractivity contribution is 7.92. The minimum Gasteiger partial charge on any atom is -0.352 e. The van der Waals surface area contributed by atoms with Crippen LogP contribution in [0, 0.1) is 0 Å². The van der Waals surface area contributed by atoms with Gasteiger partial charge in [0.2, 0.25) is 0 Å². The lowest BCUT2D eigenvalue weighted by molar-refractivity contribution is 0.600. The van der Waals surface area contributed by atoms with Gasteiger partial charge < -0.3 is 9.88 Å².